The summed E-state index contributed by atoms with van der Waals surface area (Å²) in [5.41, 5.74) is 2.23. The van der Waals surface area contributed by atoms with Crippen LogP contribution in [-0.4, -0.2) is 15.1 Å². The fraction of sp³-hybridized carbons (Fsp3) is 0. The molecular formula is C18H13N3OS. The number of aliphatic hydroxyl groups excluding tert-OH is 1. The summed E-state index contributed by atoms with van der Waals surface area (Å²) in [6, 6.07) is 18.8. The Morgan fingerprint density at radius 3 is 2.52 bits per heavy atom. The number of thiocarbonyl (C=S) groups is 1. The van der Waals surface area contributed by atoms with Gasteiger partial charge in [0.25, 0.3) is 0 Å². The number of aromatic amines is 1. The molecule has 3 aromatic rings. The number of nitrogens with zero attached hydrogens (tertiary/aromatic N) is 1. The van der Waals surface area contributed by atoms with Crippen LogP contribution in [0.2, 0.25) is 0 Å². The van der Waals surface area contributed by atoms with Crippen molar-refractivity contribution in [2.24, 2.45) is 0 Å². The maximum absolute atomic E-state index is 10.5. The first-order chi connectivity index (χ1) is 11.2. The first-order valence-electron chi connectivity index (χ1n) is 6.97. The van der Waals surface area contributed by atoms with Crippen LogP contribution in [0.3, 0.4) is 0 Å². The van der Waals surface area contributed by atoms with Crippen LogP contribution in [0.25, 0.3) is 16.7 Å². The monoisotopic (exact) mass is 319 g/mol. The zero-order valence-electron chi connectivity index (χ0n) is 12.1. The predicted octanol–water partition coefficient (Wildman–Crippen LogP) is 4.40. The Bertz CT molecular complexity index is 936. The lowest BCUT2D eigenvalue weighted by Crippen LogP contribution is -2.12. The van der Waals surface area contributed by atoms with Crippen LogP contribution < -0.4 is 5.32 Å². The Morgan fingerprint density at radius 2 is 1.78 bits per heavy atom. The fourth-order valence-corrected chi connectivity index (χ4v) is 2.59. The second-order valence-corrected chi connectivity index (χ2v) is 5.31. The van der Waals surface area contributed by atoms with Crippen LogP contribution in [0.5, 0.6) is 0 Å². The Kier molecular flexibility index (Phi) is 4.09. The highest BCUT2D eigenvalue weighted by atomic mass is 32.1. The van der Waals surface area contributed by atoms with E-state index in [1.54, 1.807) is 6.20 Å². The molecule has 0 aliphatic carbocycles. The number of aliphatic hydroxyl groups is 1. The molecule has 0 fully saturated rings. The van der Waals surface area contributed by atoms with Crippen molar-refractivity contribution >= 4 is 39.6 Å². The molecule has 0 spiro atoms. The maximum atomic E-state index is 10.5. The number of para-hydroxylation sites is 2. The minimum atomic E-state index is -0.140. The van der Waals surface area contributed by atoms with Crippen molar-refractivity contribution in [2.75, 3.05) is 5.32 Å². The van der Waals surface area contributed by atoms with E-state index < -0.39 is 0 Å². The average Bonchev–Trinajstić information content (AvgIpc) is 3.00. The molecule has 3 rings (SSSR count). The number of hydrogen-bond donors (Lipinski definition) is 3. The van der Waals surface area contributed by atoms with E-state index in [9.17, 15) is 10.4 Å². The molecule has 0 aliphatic heterocycles. The lowest BCUT2D eigenvalue weighted by atomic mass is 10.1. The normalized spacial score (nSPS) is 11.6. The zero-order chi connectivity index (χ0) is 16.2. The average molecular weight is 319 g/mol. The van der Waals surface area contributed by atoms with Gasteiger partial charge < -0.3 is 15.4 Å². The van der Waals surface area contributed by atoms with E-state index in [1.807, 2.05) is 60.7 Å². The van der Waals surface area contributed by atoms with Crippen LogP contribution in [0.15, 0.2) is 66.4 Å². The Labute approximate surface area is 138 Å². The smallest absolute Gasteiger partial charge is 0.145 e. The van der Waals surface area contributed by atoms with Gasteiger partial charge in [0.05, 0.1) is 0 Å². The summed E-state index contributed by atoms with van der Waals surface area (Å²) in [5.74, 6) is -0.140. The topological polar surface area (TPSA) is 71.8 Å². The quantitative estimate of drug-likeness (QED) is 0.289. The van der Waals surface area contributed by atoms with Crippen LogP contribution >= 0.6 is 12.2 Å². The SMILES string of the molecule is N#CC(C(=S)Nc1ccccc1)=C(O)c1c[nH]c2ccccc12. The minimum Gasteiger partial charge on any atom is -0.506 e. The zero-order valence-corrected chi connectivity index (χ0v) is 12.9. The standard InChI is InChI=1S/C18H13N3OS/c19-10-14(18(23)21-12-6-2-1-3-7-12)17(22)15-11-20-16-9-5-4-8-13(15)16/h1-9,11,20,22H,(H,21,23). The molecule has 0 amide bonds. The van der Waals surface area contributed by atoms with Crippen LogP contribution in [-0.2, 0) is 0 Å². The second kappa shape index (κ2) is 6.34. The molecule has 0 saturated carbocycles. The highest BCUT2D eigenvalue weighted by Gasteiger charge is 2.16. The number of H-pyrrole nitrogens is 1. The number of fused-ring (bicyclic) bond motifs is 1. The Balaban J connectivity index is 1.99. The molecule has 1 heterocycles. The second-order valence-electron chi connectivity index (χ2n) is 4.90. The van der Waals surface area contributed by atoms with Crippen molar-refractivity contribution in [1.29, 1.82) is 5.26 Å². The van der Waals surface area contributed by atoms with E-state index in [-0.39, 0.29) is 16.3 Å². The molecule has 0 bridgehead atoms. The molecule has 1 aromatic heterocycles. The lowest BCUT2D eigenvalue weighted by molar-refractivity contribution is 0.511. The van der Waals surface area contributed by atoms with Gasteiger partial charge >= 0.3 is 0 Å². The van der Waals surface area contributed by atoms with Gasteiger partial charge in [-0.3, -0.25) is 0 Å². The van der Waals surface area contributed by atoms with Gasteiger partial charge in [-0.25, -0.2) is 0 Å². The number of anilines is 1. The molecule has 0 aliphatic rings. The number of nitrogens with one attached hydrogen (secondary N) is 2. The summed E-state index contributed by atoms with van der Waals surface area (Å²) >= 11 is 5.27. The molecule has 23 heavy (non-hydrogen) atoms. The molecule has 4 nitrogen and oxygen atoms in total. The van der Waals surface area contributed by atoms with Crippen molar-refractivity contribution in [3.05, 3.63) is 71.9 Å². The van der Waals surface area contributed by atoms with Crippen molar-refractivity contribution in [3.63, 3.8) is 0 Å². The Morgan fingerprint density at radius 1 is 1.09 bits per heavy atom. The molecule has 0 atom stereocenters. The molecular weight excluding hydrogens is 306 g/mol. The molecule has 3 N–H and O–H groups in total. The van der Waals surface area contributed by atoms with Crippen LogP contribution in [0.4, 0.5) is 5.69 Å². The third-order valence-corrected chi connectivity index (χ3v) is 3.76. The van der Waals surface area contributed by atoms with E-state index in [0.29, 0.717) is 5.56 Å². The number of benzene rings is 2. The van der Waals surface area contributed by atoms with Crippen molar-refractivity contribution in [2.45, 2.75) is 0 Å². The van der Waals surface area contributed by atoms with E-state index in [4.69, 9.17) is 12.2 Å². The molecule has 112 valence electrons. The molecule has 0 saturated heterocycles. The third kappa shape index (κ3) is 2.93. The predicted molar refractivity (Wildman–Crippen MR) is 96.1 cm³/mol. The summed E-state index contributed by atoms with van der Waals surface area (Å²) in [6.45, 7) is 0. The van der Waals surface area contributed by atoms with Gasteiger partial charge in [0.2, 0.25) is 0 Å². The minimum absolute atomic E-state index is 0.0357. The summed E-state index contributed by atoms with van der Waals surface area (Å²) < 4.78 is 0. The number of rotatable bonds is 3. The number of nitriles is 1. The lowest BCUT2D eigenvalue weighted by Gasteiger charge is -2.08. The van der Waals surface area contributed by atoms with Gasteiger partial charge in [-0.1, -0.05) is 48.6 Å². The highest BCUT2D eigenvalue weighted by molar-refractivity contribution is 7.81. The van der Waals surface area contributed by atoms with Gasteiger partial charge in [0, 0.05) is 28.4 Å². The van der Waals surface area contributed by atoms with Crippen molar-refractivity contribution < 1.29 is 5.11 Å². The number of hydrogen-bond acceptors (Lipinski definition) is 3. The first kappa shape index (κ1) is 14.8. The molecule has 0 radical (unpaired) electrons. The molecule has 0 unspecified atom stereocenters. The van der Waals surface area contributed by atoms with Crippen molar-refractivity contribution in [3.8, 4) is 6.07 Å². The van der Waals surface area contributed by atoms with Gasteiger partial charge in [-0.2, -0.15) is 5.26 Å². The molecule has 5 heteroatoms. The van der Waals surface area contributed by atoms with Gasteiger partial charge in [0.1, 0.15) is 22.4 Å². The van der Waals surface area contributed by atoms with Crippen LogP contribution in [0.1, 0.15) is 5.56 Å². The summed E-state index contributed by atoms with van der Waals surface area (Å²) in [6.07, 6.45) is 1.67. The summed E-state index contributed by atoms with van der Waals surface area (Å²) in [5, 5.41) is 23.7. The largest absolute Gasteiger partial charge is 0.506 e. The fourth-order valence-electron chi connectivity index (χ4n) is 2.33. The van der Waals surface area contributed by atoms with E-state index in [1.165, 1.54) is 0 Å². The van der Waals surface area contributed by atoms with E-state index in [0.717, 1.165) is 16.6 Å². The third-order valence-electron chi connectivity index (χ3n) is 3.45. The van der Waals surface area contributed by atoms with Gasteiger partial charge in [0.15, 0.2) is 0 Å². The maximum Gasteiger partial charge on any atom is 0.145 e. The number of aromatic nitrogens is 1. The van der Waals surface area contributed by atoms with E-state index >= 15 is 0 Å². The van der Waals surface area contributed by atoms with Crippen molar-refractivity contribution in [1.82, 2.24) is 4.98 Å². The molecule has 2 aromatic carbocycles. The van der Waals surface area contributed by atoms with Gasteiger partial charge in [-0.05, 0) is 18.2 Å². The van der Waals surface area contributed by atoms with E-state index in [2.05, 4.69) is 10.3 Å². The Hall–Kier alpha value is -3.10. The summed E-state index contributed by atoms with van der Waals surface area (Å²) in [7, 11) is 0. The summed E-state index contributed by atoms with van der Waals surface area (Å²) in [4.78, 5) is 3.25. The first-order valence-corrected chi connectivity index (χ1v) is 7.37. The van der Waals surface area contributed by atoms with Crippen LogP contribution in [0, 0.1) is 11.3 Å². The van der Waals surface area contributed by atoms with Gasteiger partial charge in [-0.15, -0.1) is 0 Å². The highest BCUT2D eigenvalue weighted by Crippen LogP contribution is 2.26.